The largest absolute Gasteiger partial charge is 0.479 e. The molecule has 2 rings (SSSR count). The molecule has 1 aliphatic rings. The first-order valence-corrected chi connectivity index (χ1v) is 5.13. The average Bonchev–Trinajstić information content (AvgIpc) is 2.71. The summed E-state index contributed by atoms with van der Waals surface area (Å²) < 4.78 is 10.6. The third-order valence-electron chi connectivity index (χ3n) is 2.78. The van der Waals surface area contributed by atoms with Crippen molar-refractivity contribution in [2.45, 2.75) is 31.3 Å². The molecule has 4 nitrogen and oxygen atoms in total. The van der Waals surface area contributed by atoms with E-state index in [4.69, 9.17) is 9.15 Å². The van der Waals surface area contributed by atoms with Gasteiger partial charge in [0, 0.05) is 13.0 Å². The van der Waals surface area contributed by atoms with Gasteiger partial charge in [0.25, 0.3) is 0 Å². The predicted octanol–water partition coefficient (Wildman–Crippen LogP) is 1.85. The molecular weight excluding hydrogens is 196 g/mol. The number of aliphatic carboxylic acids is 1. The molecule has 0 radical (unpaired) electrons. The first-order chi connectivity index (χ1) is 7.23. The van der Waals surface area contributed by atoms with Crippen molar-refractivity contribution in [2.24, 2.45) is 0 Å². The van der Waals surface area contributed by atoms with Crippen molar-refractivity contribution in [1.82, 2.24) is 0 Å². The molecule has 1 unspecified atom stereocenters. The Morgan fingerprint density at radius 1 is 1.53 bits per heavy atom. The van der Waals surface area contributed by atoms with Crippen molar-refractivity contribution in [1.29, 1.82) is 0 Å². The van der Waals surface area contributed by atoms with Crippen LogP contribution >= 0.6 is 0 Å². The summed E-state index contributed by atoms with van der Waals surface area (Å²) in [7, 11) is 0. The fourth-order valence-corrected chi connectivity index (χ4v) is 1.93. The molecular formula is C11H14O4. The van der Waals surface area contributed by atoms with E-state index in [1.165, 1.54) is 0 Å². The van der Waals surface area contributed by atoms with E-state index in [1.807, 2.05) is 0 Å². The number of carbonyl (C=O) groups is 1. The zero-order chi connectivity index (χ0) is 10.7. The van der Waals surface area contributed by atoms with Gasteiger partial charge >= 0.3 is 5.97 Å². The maximum absolute atomic E-state index is 11.2. The average molecular weight is 210 g/mol. The topological polar surface area (TPSA) is 59.7 Å². The number of hydrogen-bond acceptors (Lipinski definition) is 3. The highest BCUT2D eigenvalue weighted by atomic mass is 16.5. The number of rotatable bonds is 3. The molecule has 15 heavy (non-hydrogen) atoms. The molecule has 0 amide bonds. The van der Waals surface area contributed by atoms with Gasteiger partial charge in [0.05, 0.1) is 6.26 Å². The van der Waals surface area contributed by atoms with Crippen LogP contribution in [-0.2, 0) is 16.0 Å². The van der Waals surface area contributed by atoms with Crippen LogP contribution < -0.4 is 0 Å². The standard InChI is InChI=1S/C11H14O4/c12-10(13)11(5-1-2-7-15-11)8-9-4-3-6-14-9/h3-4,6H,1-2,5,7-8H2,(H,12,13). The summed E-state index contributed by atoms with van der Waals surface area (Å²) in [5.41, 5.74) is -1.07. The smallest absolute Gasteiger partial charge is 0.336 e. The normalized spacial score (nSPS) is 26.4. The summed E-state index contributed by atoms with van der Waals surface area (Å²) in [4.78, 5) is 11.2. The van der Waals surface area contributed by atoms with Gasteiger partial charge in [0.15, 0.2) is 5.60 Å². The van der Waals surface area contributed by atoms with Gasteiger partial charge in [-0.15, -0.1) is 0 Å². The first-order valence-electron chi connectivity index (χ1n) is 5.13. The van der Waals surface area contributed by atoms with Crippen LogP contribution in [0.1, 0.15) is 25.0 Å². The minimum Gasteiger partial charge on any atom is -0.479 e. The van der Waals surface area contributed by atoms with Gasteiger partial charge in [0.1, 0.15) is 5.76 Å². The summed E-state index contributed by atoms with van der Waals surface area (Å²) in [6, 6.07) is 3.54. The van der Waals surface area contributed by atoms with E-state index in [0.29, 0.717) is 25.2 Å². The summed E-state index contributed by atoms with van der Waals surface area (Å²) in [6.45, 7) is 0.521. The second-order valence-electron chi connectivity index (χ2n) is 3.86. The number of carboxylic acids is 1. The van der Waals surface area contributed by atoms with Gasteiger partial charge in [-0.2, -0.15) is 0 Å². The Labute approximate surface area is 87.8 Å². The van der Waals surface area contributed by atoms with Crippen LogP contribution in [0.5, 0.6) is 0 Å². The fraction of sp³-hybridized carbons (Fsp3) is 0.545. The zero-order valence-electron chi connectivity index (χ0n) is 8.44. The zero-order valence-corrected chi connectivity index (χ0v) is 8.44. The SMILES string of the molecule is O=C(O)C1(Cc2ccco2)CCCCO1. The Hall–Kier alpha value is -1.29. The Balaban J connectivity index is 2.15. The van der Waals surface area contributed by atoms with Crippen molar-refractivity contribution in [3.8, 4) is 0 Å². The number of furan rings is 1. The van der Waals surface area contributed by atoms with E-state index in [2.05, 4.69) is 0 Å². The molecule has 2 heterocycles. The summed E-state index contributed by atoms with van der Waals surface area (Å²) in [5, 5.41) is 9.22. The van der Waals surface area contributed by atoms with Crippen LogP contribution in [-0.4, -0.2) is 23.3 Å². The lowest BCUT2D eigenvalue weighted by Gasteiger charge is -2.32. The van der Waals surface area contributed by atoms with Crippen LogP contribution in [0, 0.1) is 0 Å². The van der Waals surface area contributed by atoms with E-state index < -0.39 is 11.6 Å². The van der Waals surface area contributed by atoms with Crippen molar-refractivity contribution in [3.63, 3.8) is 0 Å². The van der Waals surface area contributed by atoms with Gasteiger partial charge in [0.2, 0.25) is 0 Å². The van der Waals surface area contributed by atoms with Crippen LogP contribution in [0.3, 0.4) is 0 Å². The van der Waals surface area contributed by atoms with Crippen LogP contribution in [0.2, 0.25) is 0 Å². The van der Waals surface area contributed by atoms with E-state index in [1.54, 1.807) is 18.4 Å². The maximum Gasteiger partial charge on any atom is 0.336 e. The second-order valence-corrected chi connectivity index (χ2v) is 3.86. The third-order valence-corrected chi connectivity index (χ3v) is 2.78. The Bertz CT molecular complexity index is 322. The van der Waals surface area contributed by atoms with E-state index in [-0.39, 0.29) is 0 Å². The molecule has 82 valence electrons. The fourth-order valence-electron chi connectivity index (χ4n) is 1.93. The third kappa shape index (κ3) is 2.04. The van der Waals surface area contributed by atoms with Crippen molar-refractivity contribution in [2.75, 3.05) is 6.61 Å². The molecule has 1 atom stereocenters. The van der Waals surface area contributed by atoms with E-state index in [9.17, 15) is 9.90 Å². The molecule has 0 spiro atoms. The molecule has 4 heteroatoms. The molecule has 0 aromatic carbocycles. The molecule has 1 aromatic rings. The molecule has 1 saturated heterocycles. The number of ether oxygens (including phenoxy) is 1. The quantitative estimate of drug-likeness (QED) is 0.827. The highest BCUT2D eigenvalue weighted by molar-refractivity contribution is 5.78. The van der Waals surface area contributed by atoms with Crippen molar-refractivity contribution >= 4 is 5.97 Å². The molecule has 0 bridgehead atoms. The molecule has 1 aromatic heterocycles. The highest BCUT2D eigenvalue weighted by Gasteiger charge is 2.42. The van der Waals surface area contributed by atoms with Crippen LogP contribution in [0.4, 0.5) is 0 Å². The van der Waals surface area contributed by atoms with Crippen LogP contribution in [0.25, 0.3) is 0 Å². The molecule has 1 N–H and O–H groups in total. The maximum atomic E-state index is 11.2. The highest BCUT2D eigenvalue weighted by Crippen LogP contribution is 2.29. The molecule has 1 fully saturated rings. The van der Waals surface area contributed by atoms with E-state index in [0.717, 1.165) is 12.8 Å². The minimum atomic E-state index is -1.07. The lowest BCUT2D eigenvalue weighted by molar-refractivity contribution is -0.172. The second kappa shape index (κ2) is 4.06. The molecule has 0 saturated carbocycles. The summed E-state index contributed by atoms with van der Waals surface area (Å²) >= 11 is 0. The summed E-state index contributed by atoms with van der Waals surface area (Å²) in [6.07, 6.45) is 4.26. The van der Waals surface area contributed by atoms with Gasteiger partial charge in [-0.05, 0) is 31.4 Å². The number of hydrogen-bond donors (Lipinski definition) is 1. The van der Waals surface area contributed by atoms with Gasteiger partial charge in [-0.1, -0.05) is 0 Å². The lowest BCUT2D eigenvalue weighted by Crippen LogP contribution is -2.46. The molecule has 1 aliphatic heterocycles. The Morgan fingerprint density at radius 3 is 2.93 bits per heavy atom. The summed E-state index contributed by atoms with van der Waals surface area (Å²) in [5.74, 6) is -0.224. The molecule has 0 aliphatic carbocycles. The van der Waals surface area contributed by atoms with Crippen molar-refractivity contribution < 1.29 is 19.1 Å². The van der Waals surface area contributed by atoms with Gasteiger partial charge in [-0.3, -0.25) is 0 Å². The van der Waals surface area contributed by atoms with Gasteiger partial charge < -0.3 is 14.3 Å². The van der Waals surface area contributed by atoms with Crippen molar-refractivity contribution in [3.05, 3.63) is 24.2 Å². The van der Waals surface area contributed by atoms with Crippen LogP contribution in [0.15, 0.2) is 22.8 Å². The van der Waals surface area contributed by atoms with Gasteiger partial charge in [-0.25, -0.2) is 4.79 Å². The lowest BCUT2D eigenvalue weighted by atomic mass is 9.89. The monoisotopic (exact) mass is 210 g/mol. The Kier molecular flexibility index (Phi) is 2.77. The predicted molar refractivity (Wildman–Crippen MR) is 52.6 cm³/mol. The Morgan fingerprint density at radius 2 is 2.40 bits per heavy atom. The minimum absolute atomic E-state index is 0.315. The van der Waals surface area contributed by atoms with E-state index >= 15 is 0 Å². The number of carboxylic acid groups (broad SMARTS) is 1. The first kappa shape index (κ1) is 10.2.